The molecule has 1 amide bonds. The second-order valence-corrected chi connectivity index (χ2v) is 9.10. The smallest absolute Gasteiger partial charge is 0.327 e. The van der Waals surface area contributed by atoms with Gasteiger partial charge in [-0.05, 0) is 34.6 Å². The number of carbonyl (C=O) groups is 2. The highest BCUT2D eigenvalue weighted by atomic mass is 35.5. The lowest BCUT2D eigenvalue weighted by Gasteiger charge is -2.41. The summed E-state index contributed by atoms with van der Waals surface area (Å²) in [6, 6.07) is -1.27. The van der Waals surface area contributed by atoms with Crippen molar-refractivity contribution in [2.75, 3.05) is 0 Å². The molecule has 2 rings (SSSR count). The Kier molecular flexibility index (Phi) is 4.49. The molecule has 0 bridgehead atoms. The molecular formula is C12H21ClN2O3S. The Morgan fingerprint density at radius 2 is 1.89 bits per heavy atom. The van der Waals surface area contributed by atoms with E-state index in [-0.39, 0.29) is 16.2 Å². The first-order valence-corrected chi connectivity index (χ1v) is 7.29. The van der Waals surface area contributed by atoms with Crippen molar-refractivity contribution in [3.63, 3.8) is 0 Å². The Balaban J connectivity index is 0.000000312. The van der Waals surface area contributed by atoms with E-state index in [0.29, 0.717) is 0 Å². The molecule has 2 aliphatic heterocycles. The van der Waals surface area contributed by atoms with E-state index in [9.17, 15) is 9.59 Å². The lowest BCUT2D eigenvalue weighted by Crippen LogP contribution is -2.68. The topological polar surface area (TPSA) is 83.6 Å². The van der Waals surface area contributed by atoms with Crippen molar-refractivity contribution in [2.45, 2.75) is 61.7 Å². The van der Waals surface area contributed by atoms with Crippen molar-refractivity contribution >= 4 is 35.2 Å². The van der Waals surface area contributed by atoms with Gasteiger partial charge < -0.3 is 15.7 Å². The summed E-state index contributed by atoms with van der Waals surface area (Å²) in [6.45, 7) is 9.52. The quantitative estimate of drug-likeness (QED) is 0.566. The number of carbonyl (C=O) groups excluding carboxylic acids is 1. The lowest BCUT2D eigenvalue weighted by molar-refractivity contribution is -0.159. The molecule has 3 atom stereocenters. The number of β-lactam (4-membered cyclic amide) rings is 1. The van der Waals surface area contributed by atoms with E-state index in [1.54, 1.807) is 0 Å². The van der Waals surface area contributed by atoms with E-state index in [1.165, 1.54) is 16.7 Å². The van der Waals surface area contributed by atoms with Crippen LogP contribution in [0.2, 0.25) is 0 Å². The summed E-state index contributed by atoms with van der Waals surface area (Å²) in [7, 11) is 0. The van der Waals surface area contributed by atoms with Crippen LogP contribution in [-0.4, -0.2) is 49.0 Å². The molecular weight excluding hydrogens is 288 g/mol. The number of alkyl halides is 1. The first-order valence-electron chi connectivity index (χ1n) is 6.03. The van der Waals surface area contributed by atoms with Crippen LogP contribution in [0.4, 0.5) is 0 Å². The Bertz CT molecular complexity index is 389. The Morgan fingerprint density at radius 1 is 1.47 bits per heavy atom. The van der Waals surface area contributed by atoms with E-state index < -0.39 is 22.8 Å². The molecule has 3 unspecified atom stereocenters. The molecule has 0 aliphatic carbocycles. The molecule has 0 aromatic heterocycles. The highest BCUT2D eigenvalue weighted by Crippen LogP contribution is 2.50. The minimum atomic E-state index is -0.953. The van der Waals surface area contributed by atoms with E-state index >= 15 is 0 Å². The number of thioether (sulfide) groups is 1. The van der Waals surface area contributed by atoms with Crippen LogP contribution in [0.1, 0.15) is 34.6 Å². The summed E-state index contributed by atoms with van der Waals surface area (Å²) in [6.07, 6.45) is 0. The fourth-order valence-corrected chi connectivity index (χ4v) is 3.61. The van der Waals surface area contributed by atoms with Crippen molar-refractivity contribution in [3.05, 3.63) is 0 Å². The summed E-state index contributed by atoms with van der Waals surface area (Å²) in [4.78, 5) is 23.7. The van der Waals surface area contributed by atoms with Crippen LogP contribution in [-0.2, 0) is 9.59 Å². The molecule has 0 saturated carbocycles. The van der Waals surface area contributed by atoms with E-state index in [1.807, 2.05) is 34.6 Å². The van der Waals surface area contributed by atoms with E-state index in [0.717, 1.165) is 0 Å². The molecule has 0 radical (unpaired) electrons. The van der Waals surface area contributed by atoms with Crippen molar-refractivity contribution in [2.24, 2.45) is 5.73 Å². The minimum Gasteiger partial charge on any atom is -0.480 e. The fourth-order valence-electron chi connectivity index (χ4n) is 2.04. The maximum absolute atomic E-state index is 11.4. The predicted octanol–water partition coefficient (Wildman–Crippen LogP) is 1.48. The van der Waals surface area contributed by atoms with Gasteiger partial charge in [0.05, 0.1) is 0 Å². The monoisotopic (exact) mass is 308 g/mol. The number of hydrogen-bond acceptors (Lipinski definition) is 4. The molecule has 0 aromatic carbocycles. The van der Waals surface area contributed by atoms with Gasteiger partial charge in [-0.15, -0.1) is 23.4 Å². The van der Waals surface area contributed by atoms with Crippen LogP contribution in [0.3, 0.4) is 0 Å². The number of rotatable bonds is 1. The van der Waals surface area contributed by atoms with Gasteiger partial charge in [0.15, 0.2) is 0 Å². The second-order valence-electron chi connectivity index (χ2n) is 6.19. The second kappa shape index (κ2) is 5.14. The third-order valence-electron chi connectivity index (χ3n) is 2.72. The molecule has 19 heavy (non-hydrogen) atoms. The van der Waals surface area contributed by atoms with Gasteiger partial charge in [0.1, 0.15) is 17.5 Å². The molecule has 110 valence electrons. The summed E-state index contributed by atoms with van der Waals surface area (Å²) in [5.74, 6) is -1.20. The van der Waals surface area contributed by atoms with Crippen molar-refractivity contribution in [1.82, 2.24) is 4.90 Å². The van der Waals surface area contributed by atoms with E-state index in [2.05, 4.69) is 0 Å². The van der Waals surface area contributed by atoms with Crippen LogP contribution in [0.5, 0.6) is 0 Å². The van der Waals surface area contributed by atoms with Gasteiger partial charge in [0.2, 0.25) is 5.91 Å². The van der Waals surface area contributed by atoms with Gasteiger partial charge >= 0.3 is 5.97 Å². The number of carboxylic acid groups (broad SMARTS) is 1. The molecule has 0 spiro atoms. The van der Waals surface area contributed by atoms with Crippen molar-refractivity contribution < 1.29 is 14.7 Å². The number of hydrogen-bond donors (Lipinski definition) is 2. The van der Waals surface area contributed by atoms with Crippen molar-refractivity contribution in [3.8, 4) is 0 Å². The Morgan fingerprint density at radius 3 is 2.26 bits per heavy atom. The highest BCUT2D eigenvalue weighted by molar-refractivity contribution is 8.01. The normalized spacial score (nSPS) is 32.1. The van der Waals surface area contributed by atoms with Crippen LogP contribution in [0.15, 0.2) is 0 Å². The predicted molar refractivity (Wildman–Crippen MR) is 77.3 cm³/mol. The number of halogens is 1. The van der Waals surface area contributed by atoms with Gasteiger partial charge in [-0.25, -0.2) is 4.79 Å². The number of fused-ring (bicyclic) bond motifs is 1. The Labute approximate surface area is 122 Å². The number of aliphatic carboxylic acids is 1. The van der Waals surface area contributed by atoms with Gasteiger partial charge in [-0.2, -0.15) is 0 Å². The van der Waals surface area contributed by atoms with Crippen LogP contribution in [0, 0.1) is 0 Å². The number of nitrogens with zero attached hydrogens (tertiary/aromatic N) is 1. The number of nitrogens with two attached hydrogens (primary N) is 1. The number of carboxylic acids is 1. The zero-order valence-corrected chi connectivity index (χ0v) is 13.4. The standard InChI is InChI=1S/C8H12N2O3S.C4H9Cl/c1-8(2)4(7(12)13)10-5(11)3(9)6(10)14-8;1-4(2,3)5/h3-4,6H,9H2,1-2H3,(H,12,13);1-3H3. The van der Waals surface area contributed by atoms with Gasteiger partial charge in [0, 0.05) is 9.62 Å². The van der Waals surface area contributed by atoms with Crippen LogP contribution >= 0.6 is 23.4 Å². The fraction of sp³-hybridized carbons (Fsp3) is 0.833. The first-order chi connectivity index (χ1) is 8.36. The first kappa shape index (κ1) is 16.6. The van der Waals surface area contributed by atoms with Gasteiger partial charge in [-0.3, -0.25) is 4.79 Å². The zero-order chi connectivity index (χ0) is 15.2. The summed E-state index contributed by atoms with van der Waals surface area (Å²) in [5, 5.41) is 8.87. The highest BCUT2D eigenvalue weighted by Gasteiger charge is 2.62. The molecule has 7 heteroatoms. The molecule has 2 aliphatic rings. The van der Waals surface area contributed by atoms with Crippen LogP contribution < -0.4 is 5.73 Å². The molecule has 2 heterocycles. The maximum atomic E-state index is 11.4. The molecule has 3 N–H and O–H groups in total. The SMILES string of the molecule is CC(C)(C)Cl.CC1(C)SC2C(N)C(=O)N2C1C(=O)O. The molecule has 0 aromatic rings. The summed E-state index contributed by atoms with van der Waals surface area (Å²) < 4.78 is -0.458. The van der Waals surface area contributed by atoms with Gasteiger partial charge in [-0.1, -0.05) is 0 Å². The average Bonchev–Trinajstić information content (AvgIpc) is 2.44. The van der Waals surface area contributed by atoms with E-state index in [4.69, 9.17) is 22.4 Å². The Hall–Kier alpha value is -0.460. The third-order valence-corrected chi connectivity index (χ3v) is 4.31. The summed E-state index contributed by atoms with van der Waals surface area (Å²) in [5.41, 5.74) is 5.59. The zero-order valence-electron chi connectivity index (χ0n) is 11.8. The van der Waals surface area contributed by atoms with Crippen molar-refractivity contribution in [1.29, 1.82) is 0 Å². The van der Waals surface area contributed by atoms with Gasteiger partial charge in [0.25, 0.3) is 0 Å². The summed E-state index contributed by atoms with van der Waals surface area (Å²) >= 11 is 7.00. The largest absolute Gasteiger partial charge is 0.480 e. The third kappa shape index (κ3) is 3.55. The number of amides is 1. The molecule has 2 saturated heterocycles. The minimum absolute atomic E-state index is 0.0278. The van der Waals surface area contributed by atoms with Crippen LogP contribution in [0.25, 0.3) is 0 Å². The molecule has 5 nitrogen and oxygen atoms in total. The molecule has 2 fully saturated rings. The average molecular weight is 309 g/mol. The lowest BCUT2D eigenvalue weighted by atomic mass is 9.96. The maximum Gasteiger partial charge on any atom is 0.327 e.